The summed E-state index contributed by atoms with van der Waals surface area (Å²) < 4.78 is 5.44. The number of carbonyl (C=O) groups is 1. The number of carbonyl (C=O) groups excluding carboxylic acids is 1. The highest BCUT2D eigenvalue weighted by Crippen LogP contribution is 2.57. The number of rotatable bonds is 1. The average Bonchev–Trinajstić information content (AvgIpc) is 2.76. The molecule has 0 aromatic carbocycles. The third-order valence-electron chi connectivity index (χ3n) is 5.82. The molecule has 1 fully saturated rings. The van der Waals surface area contributed by atoms with Crippen molar-refractivity contribution in [1.29, 1.82) is 0 Å². The highest BCUT2D eigenvalue weighted by atomic mass is 16.5. The number of aliphatic hydroxyl groups is 1. The molecule has 0 unspecified atom stereocenters. The molecular formula is C18H27NO3. The van der Waals surface area contributed by atoms with Crippen molar-refractivity contribution in [2.24, 2.45) is 11.3 Å². The van der Waals surface area contributed by atoms with E-state index in [0.29, 0.717) is 12.2 Å². The van der Waals surface area contributed by atoms with Gasteiger partial charge in [-0.05, 0) is 69.7 Å². The van der Waals surface area contributed by atoms with E-state index < -0.39 is 11.5 Å². The average molecular weight is 305 g/mol. The molecule has 3 rings (SSSR count). The van der Waals surface area contributed by atoms with Crippen LogP contribution >= 0.6 is 0 Å². The second-order valence-electron chi connectivity index (χ2n) is 7.12. The number of aliphatic hydroxyl groups excluding tert-OH is 1. The molecule has 4 heteroatoms. The zero-order chi connectivity index (χ0) is 15.9. The number of hydrogen-bond acceptors (Lipinski definition) is 4. The predicted octanol–water partition coefficient (Wildman–Crippen LogP) is 2.29. The maximum atomic E-state index is 13.3. The van der Waals surface area contributed by atoms with Gasteiger partial charge < -0.3 is 14.7 Å². The van der Waals surface area contributed by atoms with Crippen molar-refractivity contribution in [3.05, 3.63) is 23.0 Å². The molecule has 22 heavy (non-hydrogen) atoms. The predicted molar refractivity (Wildman–Crippen MR) is 85.3 cm³/mol. The van der Waals surface area contributed by atoms with Gasteiger partial charge in [0.1, 0.15) is 0 Å². The largest absolute Gasteiger partial charge is 0.493 e. The number of ketones is 1. The molecule has 1 aliphatic heterocycles. The minimum Gasteiger partial charge on any atom is -0.493 e. The first-order valence-electron chi connectivity index (χ1n) is 8.36. The van der Waals surface area contributed by atoms with Gasteiger partial charge in [-0.15, -0.1) is 0 Å². The lowest BCUT2D eigenvalue weighted by Crippen LogP contribution is -2.42. The highest BCUT2D eigenvalue weighted by molar-refractivity contribution is 6.02. The summed E-state index contributed by atoms with van der Waals surface area (Å²) in [6.45, 7) is 3.97. The first-order valence-corrected chi connectivity index (χ1v) is 8.36. The van der Waals surface area contributed by atoms with Crippen molar-refractivity contribution in [3.63, 3.8) is 0 Å². The molecule has 1 spiro atoms. The molecule has 0 amide bonds. The van der Waals surface area contributed by atoms with Crippen LogP contribution < -0.4 is 0 Å². The number of Topliss-reactive ketones (excluding diaryl/α,β-unsaturated/α-hetero) is 1. The molecule has 1 heterocycles. The molecule has 2 aliphatic carbocycles. The SMILES string of the molecule is COC1=C(C)C[C@H]2C[C@H](O)/C3=C/CCN(C)CCC[C@@]32C1=O. The van der Waals surface area contributed by atoms with E-state index in [1.54, 1.807) is 7.11 Å². The van der Waals surface area contributed by atoms with Crippen LogP contribution in [-0.4, -0.2) is 49.1 Å². The van der Waals surface area contributed by atoms with E-state index in [0.717, 1.165) is 49.9 Å². The van der Waals surface area contributed by atoms with Gasteiger partial charge in [0, 0.05) is 6.54 Å². The molecule has 1 N–H and O–H groups in total. The van der Waals surface area contributed by atoms with Gasteiger partial charge in [0.15, 0.2) is 5.76 Å². The van der Waals surface area contributed by atoms with E-state index in [9.17, 15) is 9.90 Å². The molecule has 0 radical (unpaired) electrons. The minimum atomic E-state index is -0.518. The standard InChI is InChI=1S/C18H27NO3/c1-12-10-13-11-15(20)14-6-4-8-19(2)9-5-7-18(13,14)17(21)16(12)22-3/h6,13,15,20H,4-5,7-11H2,1-3H3/b14-6-/t13-,15-,18-/m0/s1. The van der Waals surface area contributed by atoms with Crippen molar-refractivity contribution in [2.45, 2.75) is 45.1 Å². The molecule has 0 saturated heterocycles. The van der Waals surface area contributed by atoms with Gasteiger partial charge >= 0.3 is 0 Å². The van der Waals surface area contributed by atoms with Crippen molar-refractivity contribution in [3.8, 4) is 0 Å². The van der Waals surface area contributed by atoms with Crippen LogP contribution in [0.15, 0.2) is 23.0 Å². The van der Waals surface area contributed by atoms with Gasteiger partial charge in [-0.3, -0.25) is 4.79 Å². The van der Waals surface area contributed by atoms with Gasteiger partial charge in [-0.1, -0.05) is 6.08 Å². The molecule has 1 saturated carbocycles. The normalized spacial score (nSPS) is 39.3. The van der Waals surface area contributed by atoms with Crippen LogP contribution in [0.5, 0.6) is 0 Å². The summed E-state index contributed by atoms with van der Waals surface area (Å²) in [5, 5.41) is 10.6. The Morgan fingerprint density at radius 3 is 2.91 bits per heavy atom. The van der Waals surface area contributed by atoms with Gasteiger partial charge in [0.2, 0.25) is 5.78 Å². The molecule has 4 nitrogen and oxygen atoms in total. The number of ether oxygens (including phenoxy) is 1. The Bertz CT molecular complexity index is 536. The number of nitrogens with zero attached hydrogens (tertiary/aromatic N) is 1. The molecule has 0 bridgehead atoms. The summed E-state index contributed by atoms with van der Waals surface area (Å²) in [5.41, 5.74) is 1.49. The van der Waals surface area contributed by atoms with E-state index in [2.05, 4.69) is 18.0 Å². The van der Waals surface area contributed by atoms with Crippen molar-refractivity contribution in [1.82, 2.24) is 4.90 Å². The Labute approximate surface area is 132 Å². The van der Waals surface area contributed by atoms with Gasteiger partial charge in [0.25, 0.3) is 0 Å². The van der Waals surface area contributed by atoms with Crippen LogP contribution in [0.1, 0.15) is 39.0 Å². The van der Waals surface area contributed by atoms with Crippen LogP contribution in [0.25, 0.3) is 0 Å². The molecule has 122 valence electrons. The smallest absolute Gasteiger partial charge is 0.207 e. The van der Waals surface area contributed by atoms with E-state index in [1.807, 2.05) is 6.92 Å². The molecule has 0 aromatic heterocycles. The summed E-state index contributed by atoms with van der Waals surface area (Å²) in [5.74, 6) is 0.864. The Kier molecular flexibility index (Phi) is 4.17. The molecule has 0 aromatic rings. The Morgan fingerprint density at radius 2 is 2.18 bits per heavy atom. The second kappa shape index (κ2) is 5.82. The summed E-state index contributed by atoms with van der Waals surface area (Å²) >= 11 is 0. The number of methoxy groups -OCH3 is 1. The van der Waals surface area contributed by atoms with E-state index in [4.69, 9.17) is 4.74 Å². The van der Waals surface area contributed by atoms with Crippen LogP contribution in [0.2, 0.25) is 0 Å². The number of hydrogen-bond donors (Lipinski definition) is 1. The monoisotopic (exact) mass is 305 g/mol. The fourth-order valence-electron chi connectivity index (χ4n) is 4.79. The fourth-order valence-corrected chi connectivity index (χ4v) is 4.79. The zero-order valence-electron chi connectivity index (χ0n) is 13.9. The van der Waals surface area contributed by atoms with Crippen LogP contribution in [-0.2, 0) is 9.53 Å². The lowest BCUT2D eigenvalue weighted by Gasteiger charge is -2.40. The maximum absolute atomic E-state index is 13.3. The Balaban J connectivity index is 2.07. The summed E-state index contributed by atoms with van der Waals surface area (Å²) in [7, 11) is 3.71. The van der Waals surface area contributed by atoms with Gasteiger partial charge in [-0.25, -0.2) is 0 Å². The molecular weight excluding hydrogens is 278 g/mol. The van der Waals surface area contributed by atoms with Crippen molar-refractivity contribution in [2.75, 3.05) is 27.2 Å². The van der Waals surface area contributed by atoms with Crippen LogP contribution in [0.3, 0.4) is 0 Å². The third-order valence-corrected chi connectivity index (χ3v) is 5.82. The van der Waals surface area contributed by atoms with Gasteiger partial charge in [-0.2, -0.15) is 0 Å². The summed E-state index contributed by atoms with van der Waals surface area (Å²) in [4.78, 5) is 15.6. The van der Waals surface area contributed by atoms with Crippen LogP contribution in [0, 0.1) is 11.3 Å². The summed E-state index contributed by atoms with van der Waals surface area (Å²) in [6, 6.07) is 0. The zero-order valence-corrected chi connectivity index (χ0v) is 13.9. The lowest BCUT2D eigenvalue weighted by molar-refractivity contribution is -0.129. The fraction of sp³-hybridized carbons (Fsp3) is 0.722. The highest BCUT2D eigenvalue weighted by Gasteiger charge is 2.58. The van der Waals surface area contributed by atoms with Crippen molar-refractivity contribution < 1.29 is 14.6 Å². The quantitative estimate of drug-likeness (QED) is 0.755. The second-order valence-corrected chi connectivity index (χ2v) is 7.12. The van der Waals surface area contributed by atoms with Crippen LogP contribution in [0.4, 0.5) is 0 Å². The Hall–Kier alpha value is -1.13. The minimum absolute atomic E-state index is 0.108. The first kappa shape index (κ1) is 15.8. The van der Waals surface area contributed by atoms with Crippen molar-refractivity contribution >= 4 is 5.78 Å². The lowest BCUT2D eigenvalue weighted by atomic mass is 9.63. The van der Waals surface area contributed by atoms with Gasteiger partial charge in [0.05, 0.1) is 18.6 Å². The maximum Gasteiger partial charge on any atom is 0.207 e. The molecule has 3 atom stereocenters. The number of allylic oxidation sites excluding steroid dienone is 2. The Morgan fingerprint density at radius 1 is 1.41 bits per heavy atom. The van der Waals surface area contributed by atoms with E-state index >= 15 is 0 Å². The van der Waals surface area contributed by atoms with E-state index in [1.165, 1.54) is 0 Å². The topological polar surface area (TPSA) is 49.8 Å². The summed E-state index contributed by atoms with van der Waals surface area (Å²) in [6.07, 6.45) is 5.94. The molecule has 3 aliphatic rings. The van der Waals surface area contributed by atoms with E-state index in [-0.39, 0.29) is 11.7 Å². The third kappa shape index (κ3) is 2.24. The first-order chi connectivity index (χ1) is 10.5.